The fourth-order valence-electron chi connectivity index (χ4n) is 3.78. The van der Waals surface area contributed by atoms with Gasteiger partial charge in [0.15, 0.2) is 5.78 Å². The third-order valence-electron chi connectivity index (χ3n) is 5.57. The van der Waals surface area contributed by atoms with Crippen LogP contribution in [-0.2, 0) is 5.41 Å². The highest BCUT2D eigenvalue weighted by molar-refractivity contribution is 5.96. The molecular weight excluding hydrogens is 412 g/mol. The molecule has 4 rings (SSSR count). The van der Waals surface area contributed by atoms with E-state index >= 15 is 0 Å². The zero-order chi connectivity index (χ0) is 24.6. The van der Waals surface area contributed by atoms with Gasteiger partial charge < -0.3 is 10.0 Å². The van der Waals surface area contributed by atoms with Gasteiger partial charge >= 0.3 is 0 Å². The van der Waals surface area contributed by atoms with E-state index in [1.165, 1.54) is 12.0 Å². The number of fused-ring (bicyclic) bond motifs is 2. The molecular formula is C27H38N4O2. The fourth-order valence-corrected chi connectivity index (χ4v) is 3.78. The molecule has 1 saturated carbocycles. The number of benzene rings is 1. The number of anilines is 2. The highest BCUT2D eigenvalue weighted by atomic mass is 16.3. The lowest BCUT2D eigenvalue weighted by Gasteiger charge is -2.18. The topological polar surface area (TPSA) is 78.7 Å². The Labute approximate surface area is 198 Å². The number of aliphatic hydroxyl groups is 1. The van der Waals surface area contributed by atoms with E-state index in [9.17, 15) is 9.90 Å². The fraction of sp³-hybridized carbons (Fsp3) is 0.481. The Hall–Kier alpha value is -2.86. The molecule has 6 nitrogen and oxygen atoms in total. The minimum atomic E-state index is -0.0819. The number of aliphatic hydroxyl groups excluding tert-OH is 1. The van der Waals surface area contributed by atoms with Gasteiger partial charge in [-0.1, -0.05) is 52.3 Å². The molecule has 1 aliphatic carbocycles. The van der Waals surface area contributed by atoms with Crippen molar-refractivity contribution in [2.24, 2.45) is 4.99 Å². The lowest BCUT2D eigenvalue weighted by atomic mass is 9.97. The van der Waals surface area contributed by atoms with Gasteiger partial charge in [0.05, 0.1) is 12.3 Å². The summed E-state index contributed by atoms with van der Waals surface area (Å²) in [6, 6.07) is 5.99. The molecule has 0 unspecified atom stereocenters. The maximum Gasteiger partial charge on any atom is 0.229 e. The average molecular weight is 451 g/mol. The van der Waals surface area contributed by atoms with Crippen LogP contribution in [-0.4, -0.2) is 39.7 Å². The van der Waals surface area contributed by atoms with Gasteiger partial charge in [0.2, 0.25) is 5.95 Å². The Morgan fingerprint density at radius 3 is 2.24 bits per heavy atom. The molecule has 1 aliphatic heterocycles. The monoisotopic (exact) mass is 450 g/mol. The van der Waals surface area contributed by atoms with E-state index in [0.29, 0.717) is 17.2 Å². The van der Waals surface area contributed by atoms with Crippen LogP contribution in [0.4, 0.5) is 11.6 Å². The summed E-state index contributed by atoms with van der Waals surface area (Å²) in [4.78, 5) is 27.5. The van der Waals surface area contributed by atoms with Crippen molar-refractivity contribution in [2.75, 3.05) is 18.1 Å². The zero-order valence-corrected chi connectivity index (χ0v) is 21.1. The summed E-state index contributed by atoms with van der Waals surface area (Å²) in [5.74, 6) is 0.693. The Bertz CT molecular complexity index is 1010. The summed E-state index contributed by atoms with van der Waals surface area (Å²) in [6.45, 7) is 14.3. The second kappa shape index (κ2) is 11.8. The summed E-state index contributed by atoms with van der Waals surface area (Å²) in [5.41, 5.74) is 5.40. The smallest absolute Gasteiger partial charge is 0.229 e. The molecule has 2 aliphatic rings. The maximum atomic E-state index is 11.8. The molecule has 2 heterocycles. The molecule has 0 bridgehead atoms. The average Bonchev–Trinajstić information content (AvgIpc) is 3.55. The molecule has 1 N–H and O–H groups in total. The largest absolute Gasteiger partial charge is 0.390 e. The first-order chi connectivity index (χ1) is 15.9. The van der Waals surface area contributed by atoms with Gasteiger partial charge in [0.25, 0.3) is 0 Å². The van der Waals surface area contributed by atoms with E-state index in [-0.39, 0.29) is 17.8 Å². The molecule has 6 heteroatoms. The normalized spacial score (nSPS) is 15.8. The predicted octanol–water partition coefficient (Wildman–Crippen LogP) is 6.12. The third kappa shape index (κ3) is 5.93. The number of hydrogen-bond acceptors (Lipinski definition) is 6. The Kier molecular flexibility index (Phi) is 9.47. The number of hydrogen-bond donors (Lipinski definition) is 1. The molecule has 0 atom stereocenters. The van der Waals surface area contributed by atoms with Crippen molar-refractivity contribution in [3.05, 3.63) is 53.4 Å². The van der Waals surface area contributed by atoms with Gasteiger partial charge in [-0.25, -0.2) is 9.97 Å². The van der Waals surface area contributed by atoms with Gasteiger partial charge in [0, 0.05) is 46.9 Å². The highest BCUT2D eigenvalue weighted by Gasteiger charge is 2.52. The first-order valence-electron chi connectivity index (χ1n) is 12.0. The van der Waals surface area contributed by atoms with Crippen LogP contribution in [0.5, 0.6) is 0 Å². The number of allylic oxidation sites excluding steroid dienone is 1. The number of carbonyl (C=O) groups is 1. The molecule has 1 aromatic carbocycles. The van der Waals surface area contributed by atoms with E-state index < -0.39 is 0 Å². The Morgan fingerprint density at radius 1 is 1.15 bits per heavy atom. The maximum absolute atomic E-state index is 11.8. The number of Topliss-reactive ketones (excluding diaryl/α,β-unsaturated/α-hetero) is 1. The van der Waals surface area contributed by atoms with Crippen molar-refractivity contribution < 1.29 is 9.90 Å². The van der Waals surface area contributed by atoms with Crippen LogP contribution in [0.3, 0.4) is 0 Å². The van der Waals surface area contributed by atoms with Gasteiger partial charge in [-0.2, -0.15) is 0 Å². The lowest BCUT2D eigenvalue weighted by molar-refractivity contribution is 0.101. The van der Waals surface area contributed by atoms with Crippen molar-refractivity contribution in [3.8, 4) is 0 Å². The van der Waals surface area contributed by atoms with Crippen molar-refractivity contribution >= 4 is 28.8 Å². The Balaban J connectivity index is 0.000000714. The zero-order valence-electron chi connectivity index (χ0n) is 21.1. The molecule has 1 aromatic heterocycles. The van der Waals surface area contributed by atoms with Crippen LogP contribution >= 0.6 is 0 Å². The lowest BCUT2D eigenvalue weighted by Crippen LogP contribution is -2.21. The molecule has 178 valence electrons. The molecule has 1 fully saturated rings. The van der Waals surface area contributed by atoms with Crippen LogP contribution in [0.1, 0.15) is 89.2 Å². The SMILES string of the molecule is C/C=C(\N=C(C)CO)c1cnc(N2CC3(CC3)c3ccc(C(C)=O)cc32)nc1.CC.CCC. The summed E-state index contributed by atoms with van der Waals surface area (Å²) in [6.07, 6.45) is 8.97. The summed E-state index contributed by atoms with van der Waals surface area (Å²) < 4.78 is 0. The molecule has 33 heavy (non-hydrogen) atoms. The van der Waals surface area contributed by atoms with E-state index in [0.717, 1.165) is 36.3 Å². The number of aliphatic imine (C=N–C) groups is 1. The van der Waals surface area contributed by atoms with E-state index in [1.807, 2.05) is 39.0 Å². The van der Waals surface area contributed by atoms with Crippen LogP contribution in [0, 0.1) is 0 Å². The van der Waals surface area contributed by atoms with Crippen LogP contribution < -0.4 is 4.90 Å². The summed E-state index contributed by atoms with van der Waals surface area (Å²) in [7, 11) is 0. The standard InChI is InChI=1S/C22H24N4O2.C3H8.C2H6/c1-4-19(25-14(2)12-27)17-10-23-21(24-11-17)26-13-22(7-8-22)18-6-5-16(15(3)28)9-20(18)26;1-3-2;1-2/h4-6,9-11,27H,7-8,12-13H2,1-3H3;3H2,1-2H3;1-2H3/b19-4-,25-14?;;. The van der Waals surface area contributed by atoms with Crippen LogP contribution in [0.15, 0.2) is 41.7 Å². The summed E-state index contributed by atoms with van der Waals surface area (Å²) >= 11 is 0. The van der Waals surface area contributed by atoms with Gasteiger partial charge in [-0.3, -0.25) is 9.79 Å². The van der Waals surface area contributed by atoms with Gasteiger partial charge in [0.1, 0.15) is 0 Å². The number of nitrogens with zero attached hydrogens (tertiary/aromatic N) is 4. The minimum Gasteiger partial charge on any atom is -0.390 e. The van der Waals surface area contributed by atoms with E-state index in [2.05, 4.69) is 39.8 Å². The molecule has 0 amide bonds. The number of aromatic nitrogens is 2. The molecule has 2 aromatic rings. The quantitative estimate of drug-likeness (QED) is 0.438. The van der Waals surface area contributed by atoms with Crippen molar-refractivity contribution in [3.63, 3.8) is 0 Å². The predicted molar refractivity (Wildman–Crippen MR) is 138 cm³/mol. The molecule has 0 radical (unpaired) electrons. The Morgan fingerprint density at radius 2 is 1.76 bits per heavy atom. The number of carbonyl (C=O) groups excluding carboxylic acids is 1. The van der Waals surface area contributed by atoms with Gasteiger partial charge in [-0.05, 0) is 45.2 Å². The van der Waals surface area contributed by atoms with Crippen molar-refractivity contribution in [2.45, 2.75) is 73.1 Å². The second-order valence-corrected chi connectivity index (χ2v) is 8.31. The minimum absolute atomic E-state index is 0.0607. The summed E-state index contributed by atoms with van der Waals surface area (Å²) in [5, 5.41) is 9.20. The van der Waals surface area contributed by atoms with E-state index in [1.54, 1.807) is 26.2 Å². The highest BCUT2D eigenvalue weighted by Crippen LogP contribution is 2.57. The van der Waals surface area contributed by atoms with E-state index in [4.69, 9.17) is 0 Å². The first kappa shape index (κ1) is 26.4. The molecule has 0 saturated heterocycles. The van der Waals surface area contributed by atoms with Crippen LogP contribution in [0.2, 0.25) is 0 Å². The third-order valence-corrected chi connectivity index (χ3v) is 5.57. The van der Waals surface area contributed by atoms with Gasteiger partial charge in [-0.15, -0.1) is 0 Å². The first-order valence-corrected chi connectivity index (χ1v) is 12.0. The van der Waals surface area contributed by atoms with Crippen LogP contribution in [0.25, 0.3) is 5.70 Å². The number of rotatable bonds is 5. The second-order valence-electron chi connectivity index (χ2n) is 8.31. The van der Waals surface area contributed by atoms with Crippen molar-refractivity contribution in [1.29, 1.82) is 0 Å². The number of ketones is 1. The van der Waals surface area contributed by atoms with Crippen molar-refractivity contribution in [1.82, 2.24) is 9.97 Å². The molecule has 1 spiro atoms.